The van der Waals surface area contributed by atoms with E-state index in [1.165, 1.54) is 42.7 Å². The highest BCUT2D eigenvalue weighted by Crippen LogP contribution is 2.30. The molecule has 5 aromatic rings. The van der Waals surface area contributed by atoms with Crippen LogP contribution < -0.4 is 29.5 Å². The highest BCUT2D eigenvalue weighted by atomic mass is 35.5. The lowest BCUT2D eigenvalue weighted by Gasteiger charge is -2.42. The van der Waals surface area contributed by atoms with E-state index in [9.17, 15) is 21.6 Å². The van der Waals surface area contributed by atoms with Gasteiger partial charge in [-0.3, -0.25) is 14.2 Å². The Hall–Kier alpha value is -5.56. The molecule has 1 amide bonds. The number of fused-ring (bicyclic) bond motifs is 1. The average molecular weight is 874 g/mol. The zero-order chi connectivity index (χ0) is 42.3. The fourth-order valence-corrected chi connectivity index (χ4v) is 9.77. The molecule has 2 atom stereocenters. The number of rotatable bonds is 10. The molecule has 316 valence electrons. The number of sulfonamides is 2. The largest absolute Gasteiger partial charge is 0.369 e. The van der Waals surface area contributed by atoms with Crippen molar-refractivity contribution >= 4 is 66.3 Å². The summed E-state index contributed by atoms with van der Waals surface area (Å²) in [5.41, 5.74) is 4.24. The number of piperazine rings is 2. The lowest BCUT2D eigenvalue weighted by atomic mass is 10.0. The molecule has 3 aliphatic rings. The molecule has 0 spiro atoms. The number of aromatic nitrogens is 4. The first-order valence-electron chi connectivity index (χ1n) is 19.7. The maximum atomic E-state index is 13.3. The van der Waals surface area contributed by atoms with Crippen molar-refractivity contribution in [1.29, 1.82) is 0 Å². The summed E-state index contributed by atoms with van der Waals surface area (Å²) in [6.45, 7) is 10.1. The third-order valence-corrected chi connectivity index (χ3v) is 13.5. The second-order valence-corrected chi connectivity index (χ2v) is 18.7. The Kier molecular flexibility index (Phi) is 13.3. The first kappa shape index (κ1) is 42.6. The van der Waals surface area contributed by atoms with Crippen LogP contribution in [-0.2, 0) is 31.3 Å². The number of carbonyl (C=O) groups is 1. The molecule has 3 N–H and O–H groups in total. The SMILES string of the molecule is C[C@H]1CN(c2ccc(S(=O)(=O)Nc3ccncn3)cc2)CCN1.C[C@H]1CN(c2ccc(S(=O)(=O)Nc3ccncn3)cc2)CCN1C(=O)CN1CCCc2cc(Cl)ccc21. The molecule has 16 nitrogen and oxygen atoms in total. The van der Waals surface area contributed by atoms with E-state index < -0.39 is 20.0 Å². The third-order valence-electron chi connectivity index (χ3n) is 10.6. The molecule has 2 fully saturated rings. The zero-order valence-electron chi connectivity index (χ0n) is 33.4. The van der Waals surface area contributed by atoms with E-state index in [0.717, 1.165) is 61.1 Å². The van der Waals surface area contributed by atoms with Gasteiger partial charge in [0.05, 0.1) is 16.3 Å². The summed E-state index contributed by atoms with van der Waals surface area (Å²) in [6.07, 6.45) is 7.53. The topological polar surface area (TPSA) is 186 Å². The number of amides is 1. The van der Waals surface area contributed by atoms with Crippen molar-refractivity contribution in [3.05, 3.63) is 114 Å². The van der Waals surface area contributed by atoms with Crippen LogP contribution in [0.5, 0.6) is 0 Å². The number of nitrogens with zero attached hydrogens (tertiary/aromatic N) is 8. The van der Waals surface area contributed by atoms with Gasteiger partial charge in [-0.05, 0) is 111 Å². The van der Waals surface area contributed by atoms with Gasteiger partial charge in [0, 0.05) is 92.4 Å². The van der Waals surface area contributed by atoms with Crippen LogP contribution in [0.4, 0.5) is 28.7 Å². The molecule has 2 saturated heterocycles. The van der Waals surface area contributed by atoms with Crippen LogP contribution in [0.2, 0.25) is 5.02 Å². The predicted molar refractivity (Wildman–Crippen MR) is 234 cm³/mol. The minimum Gasteiger partial charge on any atom is -0.369 e. The van der Waals surface area contributed by atoms with Gasteiger partial charge in [0.15, 0.2) is 0 Å². The van der Waals surface area contributed by atoms with Crippen LogP contribution in [0.25, 0.3) is 0 Å². The van der Waals surface area contributed by atoms with E-state index in [1.807, 2.05) is 35.2 Å². The fraction of sp³-hybridized carbons (Fsp3) is 0.341. The Bertz CT molecular complexity index is 2450. The standard InChI is InChI=1S/C26H29ClN6O3S.C15H19N5O2S/c1-19-16-31(22-5-7-23(8-6-22)37(35,36)30-25-10-11-28-18-29-25)13-14-33(19)26(34)17-32-12-2-3-20-15-21(27)4-9-24(20)32;1-12-10-20(9-8-17-12)13-2-4-14(5-3-13)23(21,22)19-15-6-7-16-11-18-15/h4-11,15,18-19H,2-3,12-14,16-17H2,1H3,(H,28,29,30);2-7,11-12,17H,8-10H2,1H3,(H,16,18,19)/t19-;12-/m00/s1. The third kappa shape index (κ3) is 10.6. The van der Waals surface area contributed by atoms with Crippen LogP contribution >= 0.6 is 11.6 Å². The van der Waals surface area contributed by atoms with Gasteiger partial charge in [0.25, 0.3) is 20.0 Å². The first-order valence-corrected chi connectivity index (χ1v) is 23.0. The van der Waals surface area contributed by atoms with Crippen LogP contribution in [0.1, 0.15) is 25.8 Å². The van der Waals surface area contributed by atoms with Gasteiger partial charge in [-0.25, -0.2) is 36.8 Å². The van der Waals surface area contributed by atoms with Crippen molar-refractivity contribution in [2.45, 2.75) is 48.6 Å². The number of benzene rings is 3. The molecule has 0 radical (unpaired) electrons. The van der Waals surface area contributed by atoms with E-state index in [2.05, 4.69) is 63.2 Å². The van der Waals surface area contributed by atoms with Gasteiger partial charge in [-0.15, -0.1) is 0 Å². The van der Waals surface area contributed by atoms with E-state index in [-0.39, 0.29) is 33.4 Å². The molecule has 0 saturated carbocycles. The Morgan fingerprint density at radius 2 is 1.33 bits per heavy atom. The lowest BCUT2D eigenvalue weighted by molar-refractivity contribution is -0.132. The van der Waals surface area contributed by atoms with Crippen LogP contribution in [-0.4, -0.2) is 112 Å². The Morgan fingerprint density at radius 1 is 0.750 bits per heavy atom. The minimum absolute atomic E-state index is 0.0265. The normalized spacial score (nSPS) is 18.2. The van der Waals surface area contributed by atoms with Crippen LogP contribution in [0.3, 0.4) is 0 Å². The van der Waals surface area contributed by atoms with Crippen molar-refractivity contribution in [2.75, 3.05) is 76.5 Å². The quantitative estimate of drug-likeness (QED) is 0.178. The van der Waals surface area contributed by atoms with Crippen molar-refractivity contribution in [3.63, 3.8) is 0 Å². The summed E-state index contributed by atoms with van der Waals surface area (Å²) in [5.74, 6) is 0.581. The molecule has 3 aliphatic heterocycles. The number of anilines is 5. The molecule has 0 aliphatic carbocycles. The number of aryl methyl sites for hydroxylation is 1. The Morgan fingerprint density at radius 3 is 1.87 bits per heavy atom. The molecule has 19 heteroatoms. The lowest BCUT2D eigenvalue weighted by Crippen LogP contribution is -2.56. The van der Waals surface area contributed by atoms with Gasteiger partial charge in [0.2, 0.25) is 5.91 Å². The monoisotopic (exact) mass is 873 g/mol. The van der Waals surface area contributed by atoms with Gasteiger partial charge in [0.1, 0.15) is 24.3 Å². The van der Waals surface area contributed by atoms with Crippen molar-refractivity contribution in [1.82, 2.24) is 30.2 Å². The number of hydrogen-bond acceptors (Lipinski definition) is 13. The predicted octanol–water partition coefficient (Wildman–Crippen LogP) is 4.50. The van der Waals surface area contributed by atoms with E-state index in [1.54, 1.807) is 36.4 Å². The van der Waals surface area contributed by atoms with Crippen molar-refractivity contribution < 1.29 is 21.6 Å². The average Bonchev–Trinajstić information content (AvgIpc) is 3.24. The summed E-state index contributed by atoms with van der Waals surface area (Å²) in [7, 11) is -7.40. The van der Waals surface area contributed by atoms with Crippen LogP contribution in [0.15, 0.2) is 114 Å². The summed E-state index contributed by atoms with van der Waals surface area (Å²) < 4.78 is 54.9. The maximum absolute atomic E-state index is 13.3. The fourth-order valence-electron chi connectivity index (χ4n) is 7.56. The second-order valence-electron chi connectivity index (χ2n) is 14.9. The highest BCUT2D eigenvalue weighted by Gasteiger charge is 2.30. The van der Waals surface area contributed by atoms with Crippen LogP contribution in [0, 0.1) is 0 Å². The molecule has 60 heavy (non-hydrogen) atoms. The van der Waals surface area contributed by atoms with E-state index in [4.69, 9.17) is 11.6 Å². The number of carbonyl (C=O) groups excluding carboxylic acids is 1. The molecule has 5 heterocycles. The van der Waals surface area contributed by atoms with Gasteiger partial charge >= 0.3 is 0 Å². The Balaban J connectivity index is 0.000000203. The number of nitrogens with one attached hydrogen (secondary N) is 3. The Labute approximate surface area is 356 Å². The van der Waals surface area contributed by atoms with Crippen molar-refractivity contribution in [2.24, 2.45) is 0 Å². The molecule has 8 rings (SSSR count). The molecule has 0 unspecified atom stereocenters. The van der Waals surface area contributed by atoms with Gasteiger partial charge in [-0.2, -0.15) is 0 Å². The second kappa shape index (κ2) is 18.8. The summed E-state index contributed by atoms with van der Waals surface area (Å²) in [5, 5.41) is 4.11. The summed E-state index contributed by atoms with van der Waals surface area (Å²) in [6, 6.07) is 23.0. The highest BCUT2D eigenvalue weighted by molar-refractivity contribution is 7.93. The number of hydrogen-bond donors (Lipinski definition) is 3. The smallest absolute Gasteiger partial charge is 0.263 e. The molecular formula is C41H48ClN11O5S2. The summed E-state index contributed by atoms with van der Waals surface area (Å²) in [4.78, 5) is 37.5. The van der Waals surface area contributed by atoms with E-state index in [0.29, 0.717) is 32.2 Å². The molecule has 3 aromatic carbocycles. The minimum atomic E-state index is -3.75. The molecule has 0 bridgehead atoms. The zero-order valence-corrected chi connectivity index (χ0v) is 35.7. The van der Waals surface area contributed by atoms with Gasteiger partial charge < -0.3 is 24.9 Å². The molecule has 2 aromatic heterocycles. The van der Waals surface area contributed by atoms with Crippen molar-refractivity contribution in [3.8, 4) is 0 Å². The molecular weight excluding hydrogens is 826 g/mol. The summed E-state index contributed by atoms with van der Waals surface area (Å²) >= 11 is 6.16. The maximum Gasteiger partial charge on any atom is 0.263 e. The number of halogens is 1. The first-order chi connectivity index (χ1) is 28.8. The van der Waals surface area contributed by atoms with E-state index >= 15 is 0 Å². The van der Waals surface area contributed by atoms with Gasteiger partial charge in [-0.1, -0.05) is 11.6 Å².